The normalized spacial score (nSPS) is 13.6. The number of aromatic nitrogens is 2. The summed E-state index contributed by atoms with van der Waals surface area (Å²) in [5, 5.41) is 2.91. The first-order chi connectivity index (χ1) is 12.1. The van der Waals surface area contributed by atoms with E-state index < -0.39 is 0 Å². The Bertz CT molecular complexity index is 968. The van der Waals surface area contributed by atoms with Crippen LogP contribution in [0.4, 0.5) is 5.82 Å². The van der Waals surface area contributed by atoms with E-state index in [-0.39, 0.29) is 23.3 Å². The zero-order valence-corrected chi connectivity index (χ0v) is 13.3. The standard InChI is InChI=1S/C18H16N4O3/c19-17-13(18(24)21-11-4-5-11)8-12(10-3-6-15(23)20-9-10)16(22-17)14-2-1-7-25-14/h1-3,6-9,11H,4-5H2,(H2,19,22)(H,20,23)(H,21,24). The van der Waals surface area contributed by atoms with E-state index in [1.165, 1.54) is 12.3 Å². The number of pyridine rings is 2. The maximum absolute atomic E-state index is 12.4. The molecule has 0 aromatic carbocycles. The van der Waals surface area contributed by atoms with Crippen molar-refractivity contribution < 1.29 is 9.21 Å². The van der Waals surface area contributed by atoms with Crippen molar-refractivity contribution in [2.75, 3.05) is 5.73 Å². The van der Waals surface area contributed by atoms with Gasteiger partial charge in [0.25, 0.3) is 5.91 Å². The number of H-pyrrole nitrogens is 1. The molecule has 1 amide bonds. The second kappa shape index (κ2) is 5.94. The molecule has 1 aliphatic carbocycles. The average Bonchev–Trinajstić information content (AvgIpc) is 3.24. The number of hydrogen-bond donors (Lipinski definition) is 3. The summed E-state index contributed by atoms with van der Waals surface area (Å²) in [4.78, 5) is 30.8. The second-order valence-corrected chi connectivity index (χ2v) is 5.98. The number of amides is 1. The Morgan fingerprint density at radius 2 is 2.16 bits per heavy atom. The highest BCUT2D eigenvalue weighted by Gasteiger charge is 2.26. The summed E-state index contributed by atoms with van der Waals surface area (Å²) >= 11 is 0. The Balaban J connectivity index is 1.86. The van der Waals surface area contributed by atoms with Gasteiger partial charge in [0.1, 0.15) is 11.5 Å². The largest absolute Gasteiger partial charge is 0.463 e. The molecule has 4 N–H and O–H groups in total. The fourth-order valence-corrected chi connectivity index (χ4v) is 2.60. The molecule has 0 saturated heterocycles. The van der Waals surface area contributed by atoms with Gasteiger partial charge in [-0.25, -0.2) is 4.98 Å². The maximum atomic E-state index is 12.4. The third-order valence-corrected chi connectivity index (χ3v) is 4.06. The number of aromatic amines is 1. The number of carbonyl (C=O) groups excluding carboxylic acids is 1. The van der Waals surface area contributed by atoms with Gasteiger partial charge in [0.05, 0.1) is 11.8 Å². The molecular formula is C18H16N4O3. The molecule has 0 unspecified atom stereocenters. The van der Waals surface area contributed by atoms with Gasteiger partial charge in [-0.15, -0.1) is 0 Å². The van der Waals surface area contributed by atoms with Crippen LogP contribution in [0.1, 0.15) is 23.2 Å². The molecule has 25 heavy (non-hydrogen) atoms. The van der Waals surface area contributed by atoms with Crippen LogP contribution in [0.3, 0.4) is 0 Å². The number of furan rings is 1. The summed E-state index contributed by atoms with van der Waals surface area (Å²) in [6, 6.07) is 8.50. The van der Waals surface area contributed by atoms with Gasteiger partial charge in [0, 0.05) is 29.4 Å². The summed E-state index contributed by atoms with van der Waals surface area (Å²) in [5.41, 5.74) is 8.00. The lowest BCUT2D eigenvalue weighted by molar-refractivity contribution is 0.0951. The van der Waals surface area contributed by atoms with Crippen molar-refractivity contribution in [1.29, 1.82) is 0 Å². The summed E-state index contributed by atoms with van der Waals surface area (Å²) in [5.74, 6) is 0.420. The zero-order chi connectivity index (χ0) is 17.4. The number of nitrogens with zero attached hydrogens (tertiary/aromatic N) is 1. The number of nitrogens with one attached hydrogen (secondary N) is 2. The monoisotopic (exact) mass is 336 g/mol. The lowest BCUT2D eigenvalue weighted by atomic mass is 10.0. The Hall–Kier alpha value is -3.35. The molecule has 3 heterocycles. The fraction of sp³-hybridized carbons (Fsp3) is 0.167. The quantitative estimate of drug-likeness (QED) is 0.675. The van der Waals surface area contributed by atoms with E-state index >= 15 is 0 Å². The van der Waals surface area contributed by atoms with Crippen LogP contribution in [0, 0.1) is 0 Å². The predicted octanol–water partition coefficient (Wildman–Crippen LogP) is 2.17. The molecule has 1 fully saturated rings. The molecule has 126 valence electrons. The van der Waals surface area contributed by atoms with E-state index in [1.807, 2.05) is 0 Å². The van der Waals surface area contributed by atoms with E-state index in [1.54, 1.807) is 30.5 Å². The first-order valence-electron chi connectivity index (χ1n) is 7.96. The number of hydrogen-bond acceptors (Lipinski definition) is 5. The second-order valence-electron chi connectivity index (χ2n) is 5.98. The van der Waals surface area contributed by atoms with Gasteiger partial charge < -0.3 is 20.5 Å². The molecule has 3 aromatic heterocycles. The van der Waals surface area contributed by atoms with Gasteiger partial charge in [-0.3, -0.25) is 9.59 Å². The van der Waals surface area contributed by atoms with Crippen molar-refractivity contribution >= 4 is 11.7 Å². The van der Waals surface area contributed by atoms with Crippen LogP contribution in [0.2, 0.25) is 0 Å². The maximum Gasteiger partial charge on any atom is 0.255 e. The topological polar surface area (TPSA) is 114 Å². The smallest absolute Gasteiger partial charge is 0.255 e. The van der Waals surface area contributed by atoms with Crippen molar-refractivity contribution in [3.63, 3.8) is 0 Å². The Morgan fingerprint density at radius 1 is 1.32 bits per heavy atom. The molecule has 0 atom stereocenters. The number of rotatable bonds is 4. The molecule has 7 nitrogen and oxygen atoms in total. The van der Waals surface area contributed by atoms with Crippen LogP contribution in [0.15, 0.2) is 52.0 Å². The molecule has 0 radical (unpaired) electrons. The SMILES string of the molecule is Nc1nc(-c2ccco2)c(-c2ccc(=O)[nH]c2)cc1C(=O)NC1CC1. The minimum atomic E-state index is -0.246. The van der Waals surface area contributed by atoms with E-state index in [2.05, 4.69) is 15.3 Å². The highest BCUT2D eigenvalue weighted by atomic mass is 16.3. The van der Waals surface area contributed by atoms with E-state index in [4.69, 9.17) is 10.2 Å². The van der Waals surface area contributed by atoms with Crippen molar-refractivity contribution in [2.24, 2.45) is 0 Å². The fourth-order valence-electron chi connectivity index (χ4n) is 2.60. The first kappa shape index (κ1) is 15.2. The van der Waals surface area contributed by atoms with Gasteiger partial charge in [-0.1, -0.05) is 0 Å². The van der Waals surface area contributed by atoms with Crippen LogP contribution in [-0.2, 0) is 0 Å². The lowest BCUT2D eigenvalue weighted by Gasteiger charge is -2.12. The van der Waals surface area contributed by atoms with Crippen molar-refractivity contribution in [1.82, 2.24) is 15.3 Å². The molecule has 7 heteroatoms. The van der Waals surface area contributed by atoms with Crippen LogP contribution in [0.5, 0.6) is 0 Å². The molecule has 0 aliphatic heterocycles. The molecule has 0 spiro atoms. The van der Waals surface area contributed by atoms with Gasteiger partial charge in [0.2, 0.25) is 5.56 Å². The van der Waals surface area contributed by atoms with E-state index in [0.29, 0.717) is 28.1 Å². The summed E-state index contributed by atoms with van der Waals surface area (Å²) in [6.07, 6.45) is 5.08. The Labute approximate surface area is 142 Å². The number of anilines is 1. The third kappa shape index (κ3) is 3.03. The van der Waals surface area contributed by atoms with Gasteiger partial charge in [-0.05, 0) is 37.1 Å². The van der Waals surface area contributed by atoms with Crippen LogP contribution >= 0.6 is 0 Å². The molecular weight excluding hydrogens is 320 g/mol. The van der Waals surface area contributed by atoms with Crippen molar-refractivity contribution in [3.05, 3.63) is 58.7 Å². The molecule has 1 saturated carbocycles. The van der Waals surface area contributed by atoms with Crippen LogP contribution in [-0.4, -0.2) is 21.9 Å². The highest BCUT2D eigenvalue weighted by Crippen LogP contribution is 2.33. The minimum absolute atomic E-state index is 0.137. The highest BCUT2D eigenvalue weighted by molar-refractivity contribution is 6.01. The lowest BCUT2D eigenvalue weighted by Crippen LogP contribution is -2.26. The first-order valence-corrected chi connectivity index (χ1v) is 7.96. The third-order valence-electron chi connectivity index (χ3n) is 4.06. The summed E-state index contributed by atoms with van der Waals surface area (Å²) in [6.45, 7) is 0. The summed E-state index contributed by atoms with van der Waals surface area (Å²) < 4.78 is 5.44. The number of nitrogen functional groups attached to an aromatic ring is 1. The van der Waals surface area contributed by atoms with Gasteiger partial charge >= 0.3 is 0 Å². The molecule has 1 aliphatic rings. The van der Waals surface area contributed by atoms with Crippen molar-refractivity contribution in [3.8, 4) is 22.6 Å². The van der Waals surface area contributed by atoms with Crippen molar-refractivity contribution in [2.45, 2.75) is 18.9 Å². The Kier molecular flexibility index (Phi) is 3.61. The predicted molar refractivity (Wildman–Crippen MR) is 92.9 cm³/mol. The van der Waals surface area contributed by atoms with Crippen LogP contribution in [0.25, 0.3) is 22.6 Å². The molecule has 0 bridgehead atoms. The number of nitrogens with two attached hydrogens (primary N) is 1. The molecule has 4 rings (SSSR count). The minimum Gasteiger partial charge on any atom is -0.463 e. The van der Waals surface area contributed by atoms with Crippen LogP contribution < -0.4 is 16.6 Å². The molecule has 3 aromatic rings. The van der Waals surface area contributed by atoms with Gasteiger partial charge in [-0.2, -0.15) is 0 Å². The Morgan fingerprint density at radius 3 is 2.80 bits per heavy atom. The van der Waals surface area contributed by atoms with E-state index in [0.717, 1.165) is 12.8 Å². The average molecular weight is 336 g/mol. The van der Waals surface area contributed by atoms with Gasteiger partial charge in [0.15, 0.2) is 5.76 Å². The van der Waals surface area contributed by atoms with E-state index in [9.17, 15) is 9.59 Å². The zero-order valence-electron chi connectivity index (χ0n) is 13.3. The number of carbonyl (C=O) groups is 1. The summed E-state index contributed by atoms with van der Waals surface area (Å²) in [7, 11) is 0.